The van der Waals surface area contributed by atoms with E-state index < -0.39 is 59.1 Å². The van der Waals surface area contributed by atoms with Crippen LogP contribution in [0.3, 0.4) is 0 Å². The fourth-order valence-corrected chi connectivity index (χ4v) is 19.9. The Morgan fingerprint density at radius 2 is 0.283 bits per heavy atom. The molecule has 32 nitrogen and oxygen atoms in total. The molecule has 0 fully saturated rings. The molecule has 8 aromatic carbocycles. The van der Waals surface area contributed by atoms with Crippen LogP contribution in [0.1, 0.15) is 0 Å². The smallest absolute Gasteiger partial charge is 0.356 e. The molecule has 0 bridgehead atoms. The van der Waals surface area contributed by atoms with Crippen molar-refractivity contribution in [2.24, 2.45) is 0 Å². The first kappa shape index (κ1) is 89.3. The molecule has 106 heavy (non-hydrogen) atoms. The second kappa shape index (κ2) is 44.7. The summed E-state index contributed by atoms with van der Waals surface area (Å²) in [5, 5.41) is 94.2. The molecule has 0 N–H and O–H groups in total. The molecule has 0 aliphatic rings. The van der Waals surface area contributed by atoms with Crippen molar-refractivity contribution in [2.75, 3.05) is 0 Å². The SMILES string of the molecule is O=P(c1ccccc1)(c1ccccc1)c1cccc(-c2cccc(P(=O)(c3ccccc3)c3ccccc3)n2)n1.O=P(c1ccccc1)(c1ccccc1)c1cccc(-c2cccc(P(=O)(c3ccccc3)c3ccccc3)n2)n1.O=[N+]([O-])[O-].O=[N+]([O-])[O-].O=[N+]([O-])[O-].O=[N+]([O-])[O-].O=[N+]([O-])[O-].O=[N+]([O-])[O-].[Gd+3].[Gd+3]. The molecule has 4 heterocycles. The van der Waals surface area contributed by atoms with Crippen LogP contribution in [0.25, 0.3) is 22.8 Å². The van der Waals surface area contributed by atoms with Gasteiger partial charge in [-0.15, -0.1) is 0 Å². The van der Waals surface area contributed by atoms with Gasteiger partial charge in [0.2, 0.25) is 0 Å². The Morgan fingerprint density at radius 1 is 0.179 bits per heavy atom. The summed E-state index contributed by atoms with van der Waals surface area (Å²) in [6, 6.07) is 97.9. The molecule has 0 unspecified atom stereocenters. The summed E-state index contributed by atoms with van der Waals surface area (Å²) < 4.78 is 59.5. The van der Waals surface area contributed by atoms with E-state index in [1.807, 2.05) is 315 Å². The summed E-state index contributed by atoms with van der Waals surface area (Å²) in [6.07, 6.45) is 0. The third kappa shape index (κ3) is 26.4. The van der Waals surface area contributed by atoms with Crippen LogP contribution in [0.5, 0.6) is 0 Å². The van der Waals surface area contributed by atoms with Crippen molar-refractivity contribution in [3.8, 4) is 22.8 Å². The number of hydrogen-bond donors (Lipinski definition) is 0. The normalized spacial score (nSPS) is 10.2. The van der Waals surface area contributed by atoms with Gasteiger partial charge in [-0.3, -0.25) is 0 Å². The third-order valence-corrected chi connectivity index (χ3v) is 25.5. The van der Waals surface area contributed by atoms with Gasteiger partial charge in [0.1, 0.15) is 21.7 Å². The van der Waals surface area contributed by atoms with E-state index in [-0.39, 0.29) is 79.9 Å². The van der Waals surface area contributed by atoms with Gasteiger partial charge in [0.05, 0.1) is 53.3 Å². The van der Waals surface area contributed by atoms with Gasteiger partial charge in [-0.2, -0.15) is 0 Å². The van der Waals surface area contributed by atoms with E-state index in [0.29, 0.717) is 87.0 Å². The number of rotatable bonds is 14. The van der Waals surface area contributed by atoms with Crippen molar-refractivity contribution in [1.29, 1.82) is 0 Å². The summed E-state index contributed by atoms with van der Waals surface area (Å²) in [7, 11) is -13.0. The first-order valence-electron chi connectivity index (χ1n) is 29.3. The van der Waals surface area contributed by atoms with Crippen molar-refractivity contribution in [2.45, 2.75) is 0 Å². The third-order valence-electron chi connectivity index (χ3n) is 13.7. The van der Waals surface area contributed by atoms with Gasteiger partial charge in [-0.05, 0) is 48.5 Å². The fourth-order valence-electron chi connectivity index (χ4n) is 9.72. The van der Waals surface area contributed by atoms with Gasteiger partial charge >= 0.3 is 79.9 Å². The number of nitrogens with zero attached hydrogens (tertiary/aromatic N) is 10. The minimum atomic E-state index is -3.26. The molecule has 0 aliphatic heterocycles. The van der Waals surface area contributed by atoms with Crippen molar-refractivity contribution in [3.63, 3.8) is 0 Å². The van der Waals surface area contributed by atoms with E-state index in [2.05, 4.69) is 0 Å². The molecule has 0 atom stereocenters. The number of pyridine rings is 4. The van der Waals surface area contributed by atoms with Crippen LogP contribution in [0.2, 0.25) is 0 Å². The standard InChI is InChI=1S/2C34H26N2O2P2.2Gd.6NO3/c2*37-39(27-15-5-1-6-16-27,28-17-7-2-8-18-28)33-25-13-23-31(35-33)32-24-14-26-34(36-32)40(38,29-19-9-3-10-20-29)30-21-11-4-12-22-30;;;6*2-1(3)4/h2*1-26H;;;;;;;;/q;;2*+3;6*-1. The van der Waals surface area contributed by atoms with E-state index >= 15 is 0 Å². The molecule has 4 aromatic heterocycles. The van der Waals surface area contributed by atoms with Crippen molar-refractivity contribution in [3.05, 3.63) is 407 Å². The second-order valence-electron chi connectivity index (χ2n) is 20.0. The largest absolute Gasteiger partial charge is 3.00 e. The minimum absolute atomic E-state index is 0. The maximum Gasteiger partial charge on any atom is 3.00 e. The average Bonchev–Trinajstić information content (AvgIpc) is 0.778. The summed E-state index contributed by atoms with van der Waals surface area (Å²) in [5.41, 5.74) is 4.18. The van der Waals surface area contributed by atoms with Crippen LogP contribution in [0.15, 0.2) is 315 Å². The van der Waals surface area contributed by atoms with Crippen molar-refractivity contribution >= 4 is 92.7 Å². The molecule has 38 heteroatoms. The van der Waals surface area contributed by atoms with Gasteiger partial charge in [-0.1, -0.05) is 267 Å². The molecule has 0 aliphatic carbocycles. The quantitative estimate of drug-likeness (QED) is 0.0555. The number of hydrogen-bond acceptors (Lipinski definition) is 26. The van der Waals surface area contributed by atoms with Crippen molar-refractivity contribution < 1.29 is 129 Å². The molecule has 12 aromatic rings. The molecular formula is C68H52Gd2N10O22P4. The fraction of sp³-hybridized carbons (Fsp3) is 0. The first-order valence-corrected chi connectivity index (χ1v) is 36.1. The zero-order chi connectivity index (χ0) is 76.3. The Hall–Kier alpha value is -10.9. The van der Waals surface area contributed by atoms with Crippen LogP contribution in [-0.2, 0) is 18.3 Å². The maximum atomic E-state index is 14.9. The van der Waals surface area contributed by atoms with E-state index in [4.69, 9.17) is 112 Å². The molecule has 0 saturated carbocycles. The summed E-state index contributed by atoms with van der Waals surface area (Å²) in [5.74, 6) is 0. The topological polar surface area (TPSA) is 517 Å². The molecular weight excluding hydrogens is 1750 g/mol. The van der Waals surface area contributed by atoms with E-state index in [9.17, 15) is 18.3 Å². The zero-order valence-electron chi connectivity index (χ0n) is 54.0. The zero-order valence-corrected chi connectivity index (χ0v) is 62.1. The Bertz CT molecular complexity index is 4160. The van der Waals surface area contributed by atoms with Gasteiger partial charge in [0, 0.05) is 42.4 Å². The van der Waals surface area contributed by atoms with Crippen LogP contribution >= 0.6 is 28.6 Å². The number of aromatic nitrogens is 4. The van der Waals surface area contributed by atoms with Gasteiger partial charge in [0.15, 0.2) is 28.6 Å². The van der Waals surface area contributed by atoms with Gasteiger partial charge in [-0.25, -0.2) is 19.9 Å². The van der Waals surface area contributed by atoms with Crippen LogP contribution in [0, 0.1) is 172 Å². The molecule has 542 valence electrons. The summed E-state index contributed by atoms with van der Waals surface area (Å²) >= 11 is 0. The maximum absolute atomic E-state index is 14.9. The van der Waals surface area contributed by atoms with Crippen molar-refractivity contribution in [1.82, 2.24) is 19.9 Å². The molecule has 0 spiro atoms. The Morgan fingerprint density at radius 3 is 0.387 bits per heavy atom. The first-order chi connectivity index (χ1) is 49.6. The predicted octanol–water partition coefficient (Wildman–Crippen LogP) is 9.41. The van der Waals surface area contributed by atoms with E-state index in [1.54, 1.807) is 0 Å². The molecule has 12 rings (SSSR count). The monoisotopic (exact) mass is 1800 g/mol. The van der Waals surface area contributed by atoms with Gasteiger partial charge in [0.25, 0.3) is 0 Å². The average molecular weight is 1800 g/mol. The van der Waals surface area contributed by atoms with E-state index in [1.165, 1.54) is 0 Å². The van der Waals surface area contributed by atoms with Gasteiger partial charge < -0.3 is 110 Å². The summed E-state index contributed by atoms with van der Waals surface area (Å²) in [6.45, 7) is 0. The van der Waals surface area contributed by atoms with Crippen LogP contribution in [-0.4, -0.2) is 50.5 Å². The molecule has 2 radical (unpaired) electrons. The summed E-state index contributed by atoms with van der Waals surface area (Å²) in [4.78, 5) is 69.2. The number of benzene rings is 8. The predicted molar refractivity (Wildman–Crippen MR) is 395 cm³/mol. The van der Waals surface area contributed by atoms with Crippen LogP contribution in [0.4, 0.5) is 0 Å². The van der Waals surface area contributed by atoms with E-state index in [0.717, 1.165) is 0 Å². The molecule has 0 amide bonds. The Balaban J connectivity index is 0.000000416. The Labute approximate surface area is 665 Å². The van der Waals surface area contributed by atoms with Crippen LogP contribution < -0.4 is 64.2 Å². The Kier molecular flexibility index (Phi) is 37.7. The second-order valence-corrected chi connectivity index (χ2v) is 30.8. The minimum Gasteiger partial charge on any atom is -0.356 e. The molecule has 0 saturated heterocycles.